The number of sulfonamides is 1. The smallest absolute Gasteiger partial charge is 0.341 e. The normalized spacial score (nSPS) is 14.7. The van der Waals surface area contributed by atoms with Gasteiger partial charge in [-0.2, -0.15) is 4.31 Å². The van der Waals surface area contributed by atoms with E-state index in [1.165, 1.54) is 16.8 Å². The molecule has 1 N–H and O–H groups in total. The third-order valence-electron chi connectivity index (χ3n) is 5.36. The van der Waals surface area contributed by atoms with Gasteiger partial charge in [-0.05, 0) is 43.3 Å². The molecule has 1 aliphatic heterocycles. The van der Waals surface area contributed by atoms with Crippen molar-refractivity contribution in [3.05, 3.63) is 54.9 Å². The number of benzene rings is 2. The molecular weight excluding hydrogens is 462 g/mol. The molecule has 2 heterocycles. The van der Waals surface area contributed by atoms with Crippen molar-refractivity contribution in [1.82, 2.24) is 9.29 Å². The van der Waals surface area contributed by atoms with Crippen LogP contribution in [0.15, 0.2) is 64.2 Å². The van der Waals surface area contributed by atoms with E-state index in [1.807, 2.05) is 17.9 Å². The summed E-state index contributed by atoms with van der Waals surface area (Å²) in [6.07, 6.45) is 2.92. The number of hydrogen-bond acceptors (Lipinski definition) is 8. The number of oxazole rings is 1. The van der Waals surface area contributed by atoms with E-state index in [0.29, 0.717) is 55.7 Å². The Kier molecular flexibility index (Phi) is 7.03. The van der Waals surface area contributed by atoms with Crippen LogP contribution in [0.25, 0.3) is 11.5 Å². The molecule has 0 unspecified atom stereocenters. The zero-order chi connectivity index (χ0) is 24.1. The van der Waals surface area contributed by atoms with Gasteiger partial charge in [0.05, 0.1) is 23.3 Å². The average molecular weight is 488 g/mol. The maximum absolute atomic E-state index is 13.1. The van der Waals surface area contributed by atoms with E-state index < -0.39 is 22.6 Å². The molecule has 4 rings (SSSR count). The summed E-state index contributed by atoms with van der Waals surface area (Å²) in [7, 11) is -3.62. The third kappa shape index (κ3) is 5.15. The molecule has 11 heteroatoms. The number of carboxylic acids is 1. The number of hydrogen-bond donors (Lipinski definition) is 1. The standard InChI is InChI=1S/C23H25N3O7S/c1-2-31-18-4-6-19(7-5-18)34(29,30)26-12-10-25(11-13-26)17-3-8-20(23-24-9-14-32-23)21(15-17)33-16-22(27)28/h3-9,14-15H,2,10-13,16H2,1H3,(H,27,28). The van der Waals surface area contributed by atoms with E-state index in [9.17, 15) is 13.2 Å². The van der Waals surface area contributed by atoms with E-state index in [4.69, 9.17) is 19.0 Å². The fourth-order valence-corrected chi connectivity index (χ4v) is 5.13. The van der Waals surface area contributed by atoms with Crippen molar-refractivity contribution in [2.24, 2.45) is 0 Å². The summed E-state index contributed by atoms with van der Waals surface area (Å²) in [6, 6.07) is 11.7. The quantitative estimate of drug-likeness (QED) is 0.485. The van der Waals surface area contributed by atoms with Crippen molar-refractivity contribution in [2.45, 2.75) is 11.8 Å². The van der Waals surface area contributed by atoms with Crippen LogP contribution in [0.1, 0.15) is 6.92 Å². The van der Waals surface area contributed by atoms with Crippen LogP contribution in [0.4, 0.5) is 5.69 Å². The van der Waals surface area contributed by atoms with Crippen LogP contribution in [0, 0.1) is 0 Å². The lowest BCUT2D eigenvalue weighted by atomic mass is 10.1. The Labute approximate surface area is 197 Å². The number of rotatable bonds is 9. The number of nitrogens with zero attached hydrogens (tertiary/aromatic N) is 3. The van der Waals surface area contributed by atoms with Crippen molar-refractivity contribution in [3.8, 4) is 23.0 Å². The molecule has 0 spiro atoms. The Morgan fingerprint density at radius 3 is 2.44 bits per heavy atom. The first-order valence-electron chi connectivity index (χ1n) is 10.7. The molecule has 1 aliphatic rings. The molecule has 180 valence electrons. The Balaban J connectivity index is 1.48. The van der Waals surface area contributed by atoms with E-state index >= 15 is 0 Å². The van der Waals surface area contributed by atoms with Gasteiger partial charge in [0.25, 0.3) is 0 Å². The Morgan fingerprint density at radius 1 is 1.09 bits per heavy atom. The van der Waals surface area contributed by atoms with Crippen LogP contribution < -0.4 is 14.4 Å². The summed E-state index contributed by atoms with van der Waals surface area (Å²) in [6.45, 7) is 3.42. The van der Waals surface area contributed by atoms with Crippen molar-refractivity contribution in [2.75, 3.05) is 44.3 Å². The summed E-state index contributed by atoms with van der Waals surface area (Å²) < 4.78 is 43.8. The van der Waals surface area contributed by atoms with Gasteiger partial charge >= 0.3 is 5.97 Å². The Morgan fingerprint density at radius 2 is 1.82 bits per heavy atom. The molecule has 0 amide bonds. The van der Waals surface area contributed by atoms with Crippen LogP contribution in [0.5, 0.6) is 11.5 Å². The van der Waals surface area contributed by atoms with Crippen molar-refractivity contribution in [1.29, 1.82) is 0 Å². The second-order valence-corrected chi connectivity index (χ2v) is 9.43. The van der Waals surface area contributed by atoms with Gasteiger partial charge < -0.3 is 23.9 Å². The van der Waals surface area contributed by atoms with Gasteiger partial charge in [0, 0.05) is 37.9 Å². The minimum Gasteiger partial charge on any atom is -0.494 e. The number of piperazine rings is 1. The summed E-state index contributed by atoms with van der Waals surface area (Å²) in [5, 5.41) is 9.01. The van der Waals surface area contributed by atoms with Crippen LogP contribution >= 0.6 is 0 Å². The third-order valence-corrected chi connectivity index (χ3v) is 7.27. The van der Waals surface area contributed by atoms with Gasteiger partial charge in [0.1, 0.15) is 17.8 Å². The maximum atomic E-state index is 13.1. The number of aromatic nitrogens is 1. The van der Waals surface area contributed by atoms with Crippen LogP contribution in [0.2, 0.25) is 0 Å². The van der Waals surface area contributed by atoms with E-state index in [1.54, 1.807) is 36.4 Å². The second-order valence-electron chi connectivity index (χ2n) is 7.50. The first-order valence-corrected chi connectivity index (χ1v) is 12.2. The minimum absolute atomic E-state index is 0.226. The second kappa shape index (κ2) is 10.1. The van der Waals surface area contributed by atoms with Crippen molar-refractivity contribution < 1.29 is 32.2 Å². The van der Waals surface area contributed by atoms with E-state index in [-0.39, 0.29) is 4.90 Å². The van der Waals surface area contributed by atoms with Gasteiger partial charge in [0.15, 0.2) is 6.61 Å². The molecule has 1 saturated heterocycles. The summed E-state index contributed by atoms with van der Waals surface area (Å²) >= 11 is 0. The average Bonchev–Trinajstić information content (AvgIpc) is 3.38. The zero-order valence-electron chi connectivity index (χ0n) is 18.6. The molecule has 3 aromatic rings. The van der Waals surface area contributed by atoms with E-state index in [0.717, 1.165) is 5.69 Å². The number of carboxylic acid groups (broad SMARTS) is 1. The molecular formula is C23H25N3O7S. The highest BCUT2D eigenvalue weighted by Crippen LogP contribution is 2.34. The lowest BCUT2D eigenvalue weighted by Gasteiger charge is -2.35. The highest BCUT2D eigenvalue weighted by Gasteiger charge is 2.29. The van der Waals surface area contributed by atoms with Crippen LogP contribution in [0.3, 0.4) is 0 Å². The van der Waals surface area contributed by atoms with Crippen molar-refractivity contribution >= 4 is 21.7 Å². The zero-order valence-corrected chi connectivity index (χ0v) is 19.4. The molecule has 1 fully saturated rings. The first-order chi connectivity index (χ1) is 16.4. The Bertz CT molecular complexity index is 1220. The predicted octanol–water partition coefficient (Wildman–Crippen LogP) is 2.71. The van der Waals surface area contributed by atoms with Crippen LogP contribution in [-0.4, -0.2) is 68.2 Å². The molecule has 0 aliphatic carbocycles. The summed E-state index contributed by atoms with van der Waals surface area (Å²) in [5.41, 5.74) is 1.32. The minimum atomic E-state index is -3.62. The van der Waals surface area contributed by atoms with Crippen molar-refractivity contribution in [3.63, 3.8) is 0 Å². The van der Waals surface area contributed by atoms with Gasteiger partial charge in [-0.1, -0.05) is 0 Å². The summed E-state index contributed by atoms with van der Waals surface area (Å²) in [4.78, 5) is 17.4. The fraction of sp³-hybridized carbons (Fsp3) is 0.304. The first kappa shape index (κ1) is 23.6. The summed E-state index contributed by atoms with van der Waals surface area (Å²) in [5.74, 6) is 0.169. The van der Waals surface area contributed by atoms with Gasteiger partial charge in [0.2, 0.25) is 15.9 Å². The number of ether oxygens (including phenoxy) is 2. The van der Waals surface area contributed by atoms with E-state index in [2.05, 4.69) is 4.98 Å². The molecule has 0 atom stereocenters. The van der Waals surface area contributed by atoms with Crippen LogP contribution in [-0.2, 0) is 14.8 Å². The predicted molar refractivity (Wildman–Crippen MR) is 124 cm³/mol. The number of carbonyl (C=O) groups is 1. The maximum Gasteiger partial charge on any atom is 0.341 e. The highest BCUT2D eigenvalue weighted by molar-refractivity contribution is 7.89. The fourth-order valence-electron chi connectivity index (χ4n) is 3.71. The molecule has 2 aromatic carbocycles. The molecule has 0 saturated carbocycles. The topological polar surface area (TPSA) is 122 Å². The molecule has 10 nitrogen and oxygen atoms in total. The molecule has 0 radical (unpaired) electrons. The SMILES string of the molecule is CCOc1ccc(S(=O)(=O)N2CCN(c3ccc(-c4ncco4)c(OCC(=O)O)c3)CC2)cc1. The van der Waals surface area contributed by atoms with Gasteiger partial charge in [-0.3, -0.25) is 0 Å². The Hall–Kier alpha value is -3.57. The lowest BCUT2D eigenvalue weighted by molar-refractivity contribution is -0.139. The monoisotopic (exact) mass is 487 g/mol. The molecule has 34 heavy (non-hydrogen) atoms. The lowest BCUT2D eigenvalue weighted by Crippen LogP contribution is -2.48. The van der Waals surface area contributed by atoms with Gasteiger partial charge in [-0.25, -0.2) is 18.2 Å². The number of aliphatic carboxylic acids is 1. The largest absolute Gasteiger partial charge is 0.494 e. The highest BCUT2D eigenvalue weighted by atomic mass is 32.2. The molecule has 0 bridgehead atoms. The van der Waals surface area contributed by atoms with Gasteiger partial charge in [-0.15, -0.1) is 0 Å². The number of anilines is 1. The molecule has 1 aromatic heterocycles.